The molecule has 0 unspecified atom stereocenters. The molecule has 0 radical (unpaired) electrons. The smallest absolute Gasteiger partial charge is 0.361 e. The molecule has 0 aliphatic carbocycles. The molecule has 1 aromatic carbocycles. The Morgan fingerprint density at radius 1 is 1.50 bits per heavy atom. The molecule has 0 bridgehead atoms. The molecule has 8 heteroatoms. The molecule has 0 spiro atoms. The van der Waals surface area contributed by atoms with Crippen LogP contribution in [0.2, 0.25) is 0 Å². The molecule has 6 nitrogen and oxygen atoms in total. The third-order valence-corrected chi connectivity index (χ3v) is 3.88. The maximum atomic E-state index is 12.0. The molecule has 0 saturated heterocycles. The number of rotatable bonds is 6. The maximum Gasteiger partial charge on any atom is 0.361 e. The van der Waals surface area contributed by atoms with E-state index < -0.39 is 5.97 Å². The van der Waals surface area contributed by atoms with Crippen molar-refractivity contribution in [1.82, 2.24) is 15.4 Å². The van der Waals surface area contributed by atoms with Crippen LogP contribution >= 0.6 is 38.5 Å². The van der Waals surface area contributed by atoms with E-state index in [1.807, 2.05) is 12.1 Å². The van der Waals surface area contributed by atoms with Crippen LogP contribution in [0.5, 0.6) is 5.75 Å². The number of ether oxygens (including phenoxy) is 2. The van der Waals surface area contributed by atoms with Crippen LogP contribution < -0.4 is 4.74 Å². The van der Waals surface area contributed by atoms with Crippen LogP contribution in [-0.4, -0.2) is 34.6 Å². The van der Waals surface area contributed by atoms with Crippen molar-refractivity contribution in [3.63, 3.8) is 0 Å². The number of halogens is 2. The van der Waals surface area contributed by atoms with Gasteiger partial charge < -0.3 is 9.47 Å². The average Bonchev–Trinajstić information content (AvgIpc) is 2.95. The van der Waals surface area contributed by atoms with E-state index >= 15 is 0 Å². The molecule has 0 amide bonds. The number of carbonyl (C=O) groups excluding carboxylic acids is 1. The summed E-state index contributed by atoms with van der Waals surface area (Å²) < 4.78 is 12.4. The quantitative estimate of drug-likeness (QED) is 0.391. The fourth-order valence-corrected chi connectivity index (χ4v) is 3.45. The number of hydrogen-bond donors (Lipinski definition) is 1. The summed E-state index contributed by atoms with van der Waals surface area (Å²) in [7, 11) is 0. The van der Waals surface area contributed by atoms with E-state index in [-0.39, 0.29) is 12.3 Å². The number of hydrogen-bond acceptors (Lipinski definition) is 5. The highest BCUT2D eigenvalue weighted by molar-refractivity contribution is 14.1. The number of aromatic amines is 1. The predicted octanol–water partition coefficient (Wildman–Crippen LogP) is 3.58. The van der Waals surface area contributed by atoms with Gasteiger partial charge in [-0.15, -0.1) is 5.10 Å². The molecular weight excluding hydrogens is 465 g/mol. The van der Waals surface area contributed by atoms with E-state index in [4.69, 9.17) is 9.47 Å². The standard InChI is InChI=1S/C14H13BrIN3O3/c1-3-5-22-13-9(6-8(15)7-10(13)16)11-12(18-19-17-11)14(20)21-4-2/h3,6-7H,1,4-5H2,2H3,(H,17,18,19). The van der Waals surface area contributed by atoms with Gasteiger partial charge in [0.15, 0.2) is 5.69 Å². The van der Waals surface area contributed by atoms with Gasteiger partial charge in [-0.3, -0.25) is 0 Å². The van der Waals surface area contributed by atoms with Crippen LogP contribution in [0.3, 0.4) is 0 Å². The molecule has 22 heavy (non-hydrogen) atoms. The van der Waals surface area contributed by atoms with Gasteiger partial charge in [-0.1, -0.05) is 28.6 Å². The maximum absolute atomic E-state index is 12.0. The minimum absolute atomic E-state index is 0.124. The van der Waals surface area contributed by atoms with Crippen molar-refractivity contribution >= 4 is 44.5 Å². The SMILES string of the molecule is C=CCOc1c(I)cc(Br)cc1-c1n[nH]nc1C(=O)OCC. The molecule has 2 aromatic rings. The normalized spacial score (nSPS) is 10.3. The second kappa shape index (κ2) is 7.73. The number of aromatic nitrogens is 3. The molecule has 116 valence electrons. The lowest BCUT2D eigenvalue weighted by Crippen LogP contribution is -2.07. The minimum atomic E-state index is -0.532. The summed E-state index contributed by atoms with van der Waals surface area (Å²) in [6.07, 6.45) is 1.65. The minimum Gasteiger partial charge on any atom is -0.488 e. The summed E-state index contributed by atoms with van der Waals surface area (Å²) in [6.45, 7) is 5.98. The highest BCUT2D eigenvalue weighted by Gasteiger charge is 2.23. The molecule has 0 aliphatic rings. The number of carbonyl (C=O) groups is 1. The third kappa shape index (κ3) is 3.67. The first kappa shape index (κ1) is 16.9. The summed E-state index contributed by atoms with van der Waals surface area (Å²) in [5.41, 5.74) is 1.16. The summed E-state index contributed by atoms with van der Waals surface area (Å²) >= 11 is 5.60. The van der Waals surface area contributed by atoms with Crippen molar-refractivity contribution in [1.29, 1.82) is 0 Å². The second-order valence-electron chi connectivity index (χ2n) is 4.11. The fraction of sp³-hybridized carbons (Fsp3) is 0.214. The van der Waals surface area contributed by atoms with Gasteiger partial charge in [-0.05, 0) is 41.6 Å². The predicted molar refractivity (Wildman–Crippen MR) is 93.9 cm³/mol. The summed E-state index contributed by atoms with van der Waals surface area (Å²) in [4.78, 5) is 12.0. The van der Waals surface area contributed by atoms with Crippen molar-refractivity contribution in [3.8, 4) is 17.0 Å². The van der Waals surface area contributed by atoms with Crippen LogP contribution in [-0.2, 0) is 4.74 Å². The second-order valence-corrected chi connectivity index (χ2v) is 6.18. The Balaban J connectivity index is 2.54. The summed E-state index contributed by atoms with van der Waals surface area (Å²) in [6, 6.07) is 3.73. The van der Waals surface area contributed by atoms with Crippen molar-refractivity contribution in [2.75, 3.05) is 13.2 Å². The number of nitrogens with zero attached hydrogens (tertiary/aromatic N) is 2. The zero-order chi connectivity index (χ0) is 16.1. The van der Waals surface area contributed by atoms with Gasteiger partial charge in [0, 0.05) is 10.0 Å². The molecule has 0 fully saturated rings. The zero-order valence-corrected chi connectivity index (χ0v) is 15.5. The van der Waals surface area contributed by atoms with Crippen LogP contribution in [0, 0.1) is 3.57 Å². The van der Waals surface area contributed by atoms with Gasteiger partial charge in [0.05, 0.1) is 10.2 Å². The van der Waals surface area contributed by atoms with E-state index in [0.29, 0.717) is 23.6 Å². The molecule has 0 aliphatic heterocycles. The number of nitrogens with one attached hydrogen (secondary N) is 1. The topological polar surface area (TPSA) is 77.1 Å². The first-order valence-electron chi connectivity index (χ1n) is 6.39. The zero-order valence-electron chi connectivity index (χ0n) is 11.7. The largest absolute Gasteiger partial charge is 0.488 e. The van der Waals surface area contributed by atoms with E-state index in [0.717, 1.165) is 8.04 Å². The Bertz CT molecular complexity index is 703. The Kier molecular flexibility index (Phi) is 5.95. The van der Waals surface area contributed by atoms with Crippen molar-refractivity contribution < 1.29 is 14.3 Å². The van der Waals surface area contributed by atoms with Crippen LogP contribution in [0.4, 0.5) is 0 Å². The Labute approximate surface area is 149 Å². The number of H-pyrrole nitrogens is 1. The molecule has 2 rings (SSSR count). The highest BCUT2D eigenvalue weighted by atomic mass is 127. The van der Waals surface area contributed by atoms with E-state index in [1.54, 1.807) is 13.0 Å². The van der Waals surface area contributed by atoms with Crippen LogP contribution in [0.1, 0.15) is 17.4 Å². The van der Waals surface area contributed by atoms with Crippen molar-refractivity contribution in [2.45, 2.75) is 6.92 Å². The van der Waals surface area contributed by atoms with Gasteiger partial charge >= 0.3 is 5.97 Å². The van der Waals surface area contributed by atoms with E-state index in [2.05, 4.69) is 60.5 Å². The third-order valence-electron chi connectivity index (χ3n) is 2.63. The molecule has 1 aromatic heterocycles. The lowest BCUT2D eigenvalue weighted by molar-refractivity contribution is 0.0520. The molecular formula is C14H13BrIN3O3. The van der Waals surface area contributed by atoms with Crippen LogP contribution in [0.15, 0.2) is 29.3 Å². The van der Waals surface area contributed by atoms with Gasteiger partial charge in [0.1, 0.15) is 18.1 Å². The fourth-order valence-electron chi connectivity index (χ4n) is 1.79. The van der Waals surface area contributed by atoms with Crippen LogP contribution in [0.25, 0.3) is 11.3 Å². The van der Waals surface area contributed by atoms with Gasteiger partial charge in [-0.2, -0.15) is 10.3 Å². The van der Waals surface area contributed by atoms with Gasteiger partial charge in [0.2, 0.25) is 0 Å². The lowest BCUT2D eigenvalue weighted by atomic mass is 10.1. The molecule has 1 heterocycles. The first-order valence-corrected chi connectivity index (χ1v) is 8.26. The Morgan fingerprint density at radius 3 is 2.95 bits per heavy atom. The molecule has 0 atom stereocenters. The molecule has 1 N–H and O–H groups in total. The number of benzene rings is 1. The Morgan fingerprint density at radius 2 is 2.27 bits per heavy atom. The van der Waals surface area contributed by atoms with Crippen molar-refractivity contribution in [2.24, 2.45) is 0 Å². The average molecular weight is 478 g/mol. The first-order chi connectivity index (χ1) is 10.6. The highest BCUT2D eigenvalue weighted by Crippen LogP contribution is 2.37. The Hall–Kier alpha value is -1.42. The lowest BCUT2D eigenvalue weighted by Gasteiger charge is -2.12. The van der Waals surface area contributed by atoms with E-state index in [1.165, 1.54) is 0 Å². The van der Waals surface area contributed by atoms with Crippen molar-refractivity contribution in [3.05, 3.63) is 38.5 Å². The molecule has 0 saturated carbocycles. The summed E-state index contributed by atoms with van der Waals surface area (Å²) in [5, 5.41) is 10.4. The van der Waals surface area contributed by atoms with E-state index in [9.17, 15) is 4.79 Å². The monoisotopic (exact) mass is 477 g/mol. The van der Waals surface area contributed by atoms with Gasteiger partial charge in [-0.25, -0.2) is 4.79 Å². The number of esters is 1. The summed E-state index contributed by atoms with van der Waals surface area (Å²) in [5.74, 6) is 0.0825. The van der Waals surface area contributed by atoms with Gasteiger partial charge in [0.25, 0.3) is 0 Å².